The Morgan fingerprint density at radius 3 is 2.67 bits per heavy atom. The maximum Gasteiger partial charge on any atom is 0.326 e. The number of carboxylic acid groups (broad SMARTS) is 1. The molecule has 6 heteroatoms. The molecule has 1 amide bonds. The Morgan fingerprint density at radius 2 is 2.05 bits per heavy atom. The van der Waals surface area contributed by atoms with Crippen molar-refractivity contribution in [3.05, 3.63) is 29.1 Å². The van der Waals surface area contributed by atoms with Crippen LogP contribution < -0.4 is 4.80 Å². The van der Waals surface area contributed by atoms with Gasteiger partial charge in [-0.15, -0.1) is 0 Å². The smallest absolute Gasteiger partial charge is 0.326 e. The van der Waals surface area contributed by atoms with Gasteiger partial charge in [0.2, 0.25) is 5.91 Å². The van der Waals surface area contributed by atoms with E-state index in [-0.39, 0.29) is 5.91 Å². The van der Waals surface area contributed by atoms with E-state index in [9.17, 15) is 14.7 Å². The van der Waals surface area contributed by atoms with Crippen LogP contribution in [0.3, 0.4) is 0 Å². The minimum atomic E-state index is -0.912. The average Bonchev–Trinajstić information content (AvgIpc) is 2.78. The number of benzene rings is 1. The van der Waals surface area contributed by atoms with Gasteiger partial charge in [-0.1, -0.05) is 37.3 Å². The number of carbonyl (C=O) groups is 2. The zero-order valence-electron chi connectivity index (χ0n) is 12.1. The molecule has 1 aromatic carbocycles. The lowest BCUT2D eigenvalue weighted by atomic mass is 10.2. The van der Waals surface area contributed by atoms with Gasteiger partial charge in [0.25, 0.3) is 0 Å². The number of carboxylic acids is 1. The summed E-state index contributed by atoms with van der Waals surface area (Å²) < 4.78 is 2.59. The van der Waals surface area contributed by atoms with Crippen molar-refractivity contribution in [3.8, 4) is 0 Å². The minimum absolute atomic E-state index is 0.210. The Balaban J connectivity index is 2.69. The van der Waals surface area contributed by atoms with Crippen LogP contribution in [0.25, 0.3) is 10.2 Å². The van der Waals surface area contributed by atoms with Gasteiger partial charge in [0.1, 0.15) is 6.04 Å². The van der Waals surface area contributed by atoms with Crippen LogP contribution in [0.15, 0.2) is 29.3 Å². The van der Waals surface area contributed by atoms with Crippen molar-refractivity contribution in [2.24, 2.45) is 4.99 Å². The molecule has 1 heterocycles. The summed E-state index contributed by atoms with van der Waals surface area (Å²) in [6, 6.07) is 6.81. The van der Waals surface area contributed by atoms with E-state index in [2.05, 4.69) is 4.99 Å². The van der Waals surface area contributed by atoms with Crippen molar-refractivity contribution in [3.63, 3.8) is 0 Å². The van der Waals surface area contributed by atoms with E-state index in [0.717, 1.165) is 16.6 Å². The summed E-state index contributed by atoms with van der Waals surface area (Å²) in [6.45, 7) is 3.73. The Hall–Kier alpha value is -1.95. The standard InChI is InChI=1S/C15H18N2O3S/c1-3-7-13(18)16-15-17(10(4-2)14(19)20)11-8-5-6-9-12(11)21-15/h5-6,8-10H,3-4,7H2,1-2H3,(H,19,20)/b16-15-. The Bertz CT molecular complexity index is 730. The zero-order valence-corrected chi connectivity index (χ0v) is 12.9. The van der Waals surface area contributed by atoms with Gasteiger partial charge in [0.05, 0.1) is 10.2 Å². The third kappa shape index (κ3) is 3.21. The van der Waals surface area contributed by atoms with E-state index >= 15 is 0 Å². The minimum Gasteiger partial charge on any atom is -0.480 e. The molecule has 1 unspecified atom stereocenters. The number of rotatable bonds is 5. The third-order valence-electron chi connectivity index (χ3n) is 3.20. The van der Waals surface area contributed by atoms with Crippen LogP contribution in [-0.2, 0) is 9.59 Å². The lowest BCUT2D eigenvalue weighted by Crippen LogP contribution is -2.27. The van der Waals surface area contributed by atoms with E-state index in [1.54, 1.807) is 4.57 Å². The Labute approximate surface area is 126 Å². The summed E-state index contributed by atoms with van der Waals surface area (Å²) in [5.41, 5.74) is 0.805. The van der Waals surface area contributed by atoms with Gasteiger partial charge < -0.3 is 9.67 Å². The molecule has 0 radical (unpaired) electrons. The predicted molar refractivity (Wildman–Crippen MR) is 82.3 cm³/mol. The molecular weight excluding hydrogens is 288 g/mol. The molecule has 21 heavy (non-hydrogen) atoms. The lowest BCUT2D eigenvalue weighted by molar-refractivity contribution is -0.141. The molecule has 2 rings (SSSR count). The van der Waals surface area contributed by atoms with E-state index < -0.39 is 12.0 Å². The van der Waals surface area contributed by atoms with Crippen molar-refractivity contribution in [2.45, 2.75) is 39.2 Å². The first-order chi connectivity index (χ1) is 10.1. The van der Waals surface area contributed by atoms with E-state index in [1.165, 1.54) is 11.3 Å². The molecule has 0 fully saturated rings. The summed E-state index contributed by atoms with van der Waals surface area (Å²) in [4.78, 5) is 27.9. The fourth-order valence-electron chi connectivity index (χ4n) is 2.22. The first kappa shape index (κ1) is 15.4. The normalized spacial score (nSPS) is 13.5. The quantitative estimate of drug-likeness (QED) is 0.923. The van der Waals surface area contributed by atoms with Crippen LogP contribution in [0, 0.1) is 0 Å². The predicted octanol–water partition coefficient (Wildman–Crippen LogP) is 2.97. The summed E-state index contributed by atoms with van der Waals surface area (Å²) in [6.07, 6.45) is 1.53. The number of thiazole rings is 1. The average molecular weight is 306 g/mol. The molecule has 0 spiro atoms. The van der Waals surface area contributed by atoms with Gasteiger partial charge in [0, 0.05) is 6.42 Å². The van der Waals surface area contributed by atoms with Crippen molar-refractivity contribution >= 4 is 33.4 Å². The number of amides is 1. The van der Waals surface area contributed by atoms with Crippen molar-refractivity contribution < 1.29 is 14.7 Å². The first-order valence-corrected chi connectivity index (χ1v) is 7.80. The maximum atomic E-state index is 11.8. The van der Waals surface area contributed by atoms with Crippen LogP contribution >= 0.6 is 11.3 Å². The van der Waals surface area contributed by atoms with E-state index in [0.29, 0.717) is 17.6 Å². The van der Waals surface area contributed by atoms with Crippen LogP contribution in [0.1, 0.15) is 39.2 Å². The maximum absolute atomic E-state index is 11.8. The third-order valence-corrected chi connectivity index (χ3v) is 4.24. The highest BCUT2D eigenvalue weighted by molar-refractivity contribution is 7.16. The van der Waals surface area contributed by atoms with Crippen LogP contribution in [0.5, 0.6) is 0 Å². The number of carbonyl (C=O) groups excluding carboxylic acids is 1. The molecule has 0 aliphatic carbocycles. The molecule has 0 saturated carbocycles. The second-order valence-electron chi connectivity index (χ2n) is 4.74. The van der Waals surface area contributed by atoms with Gasteiger partial charge >= 0.3 is 5.97 Å². The highest BCUT2D eigenvalue weighted by Gasteiger charge is 2.21. The molecular formula is C15H18N2O3S. The second kappa shape index (κ2) is 6.67. The van der Waals surface area contributed by atoms with Gasteiger partial charge in [0.15, 0.2) is 4.80 Å². The van der Waals surface area contributed by atoms with Crippen LogP contribution in [-0.4, -0.2) is 21.6 Å². The van der Waals surface area contributed by atoms with Crippen molar-refractivity contribution in [1.82, 2.24) is 4.57 Å². The van der Waals surface area contributed by atoms with E-state index in [4.69, 9.17) is 0 Å². The molecule has 112 valence electrons. The highest BCUT2D eigenvalue weighted by Crippen LogP contribution is 2.22. The molecule has 2 aromatic rings. The SMILES string of the molecule is CCCC(=O)/N=c1\sc2ccccc2n1C(CC)C(=O)O. The number of nitrogens with zero attached hydrogens (tertiary/aromatic N) is 2. The molecule has 1 atom stereocenters. The van der Waals surface area contributed by atoms with Gasteiger partial charge in [-0.2, -0.15) is 4.99 Å². The summed E-state index contributed by atoms with van der Waals surface area (Å²) in [5, 5.41) is 9.42. The van der Waals surface area contributed by atoms with Gasteiger partial charge in [-0.05, 0) is 25.0 Å². The van der Waals surface area contributed by atoms with Crippen molar-refractivity contribution in [1.29, 1.82) is 0 Å². The molecule has 0 aliphatic heterocycles. The Morgan fingerprint density at radius 1 is 1.33 bits per heavy atom. The first-order valence-electron chi connectivity index (χ1n) is 6.98. The zero-order chi connectivity index (χ0) is 15.4. The number of aromatic nitrogens is 1. The molecule has 0 saturated heterocycles. The van der Waals surface area contributed by atoms with Gasteiger partial charge in [-0.3, -0.25) is 4.79 Å². The molecule has 5 nitrogen and oxygen atoms in total. The molecule has 1 N–H and O–H groups in total. The fourth-order valence-corrected chi connectivity index (χ4v) is 3.30. The van der Waals surface area contributed by atoms with Crippen molar-refractivity contribution in [2.75, 3.05) is 0 Å². The number of fused-ring (bicyclic) bond motifs is 1. The monoisotopic (exact) mass is 306 g/mol. The summed E-state index contributed by atoms with van der Waals surface area (Å²) >= 11 is 1.35. The van der Waals surface area contributed by atoms with Gasteiger partial charge in [-0.25, -0.2) is 4.79 Å². The highest BCUT2D eigenvalue weighted by atomic mass is 32.1. The second-order valence-corrected chi connectivity index (χ2v) is 5.75. The summed E-state index contributed by atoms with van der Waals surface area (Å²) in [5.74, 6) is -1.12. The number of para-hydroxylation sites is 1. The number of hydrogen-bond acceptors (Lipinski definition) is 3. The van der Waals surface area contributed by atoms with Crippen LogP contribution in [0.4, 0.5) is 0 Å². The lowest BCUT2D eigenvalue weighted by Gasteiger charge is -2.13. The summed E-state index contributed by atoms with van der Waals surface area (Å²) in [7, 11) is 0. The number of aliphatic carboxylic acids is 1. The topological polar surface area (TPSA) is 71.7 Å². The van der Waals surface area contributed by atoms with E-state index in [1.807, 2.05) is 38.1 Å². The largest absolute Gasteiger partial charge is 0.480 e. The molecule has 0 bridgehead atoms. The van der Waals surface area contributed by atoms with Crippen LogP contribution in [0.2, 0.25) is 0 Å². The fraction of sp³-hybridized carbons (Fsp3) is 0.400. The number of hydrogen-bond donors (Lipinski definition) is 1. The Kier molecular flexibility index (Phi) is 4.90. The molecule has 0 aliphatic rings. The molecule has 1 aromatic heterocycles.